The summed E-state index contributed by atoms with van der Waals surface area (Å²) in [4.78, 5) is 17.9. The molecule has 1 aromatic carbocycles. The lowest BCUT2D eigenvalue weighted by molar-refractivity contribution is 0.0963. The monoisotopic (exact) mass is 510 g/mol. The van der Waals surface area contributed by atoms with Gasteiger partial charge in [-0.2, -0.15) is 0 Å². The number of piperidine rings is 1. The third-order valence-corrected chi connectivity index (χ3v) is 5.13. The van der Waals surface area contributed by atoms with Crippen LogP contribution in [0.2, 0.25) is 5.02 Å². The van der Waals surface area contributed by atoms with Crippen LogP contribution in [-0.4, -0.2) is 48.7 Å². The summed E-state index contributed by atoms with van der Waals surface area (Å²) >= 11 is 6.11. The van der Waals surface area contributed by atoms with E-state index < -0.39 is 0 Å². The number of guanidine groups is 1. The first kappa shape index (κ1) is 22.0. The Kier molecular flexibility index (Phi) is 7.96. The summed E-state index contributed by atoms with van der Waals surface area (Å²) in [5.41, 5.74) is 6.54. The van der Waals surface area contributed by atoms with Crippen LogP contribution in [0.3, 0.4) is 0 Å². The van der Waals surface area contributed by atoms with Crippen molar-refractivity contribution in [1.82, 2.24) is 10.2 Å². The molecule has 0 aromatic heterocycles. The van der Waals surface area contributed by atoms with Gasteiger partial charge < -0.3 is 20.7 Å². The van der Waals surface area contributed by atoms with Crippen molar-refractivity contribution < 1.29 is 13.9 Å². The van der Waals surface area contributed by atoms with Crippen molar-refractivity contribution in [2.45, 2.75) is 44.2 Å². The highest BCUT2D eigenvalue weighted by atomic mass is 127. The van der Waals surface area contributed by atoms with E-state index in [1.807, 2.05) is 0 Å². The van der Waals surface area contributed by atoms with Crippen LogP contribution in [0.15, 0.2) is 23.2 Å². The van der Waals surface area contributed by atoms with Gasteiger partial charge in [0.25, 0.3) is 0 Å². The van der Waals surface area contributed by atoms with Crippen LogP contribution in [0, 0.1) is 5.82 Å². The molecule has 1 amide bonds. The molecule has 1 heterocycles. The number of aliphatic imine (C=N–C) groups is 1. The van der Waals surface area contributed by atoms with Gasteiger partial charge in [-0.1, -0.05) is 17.7 Å². The molecule has 1 saturated carbocycles. The molecule has 0 radical (unpaired) electrons. The molecule has 9 heteroatoms. The number of ether oxygens (including phenoxy) is 1. The van der Waals surface area contributed by atoms with Crippen molar-refractivity contribution in [2.75, 3.05) is 19.7 Å². The smallest absolute Gasteiger partial charge is 0.409 e. The van der Waals surface area contributed by atoms with E-state index in [0.717, 1.165) is 19.3 Å². The fraction of sp³-hybridized carbons (Fsp3) is 0.556. The van der Waals surface area contributed by atoms with Gasteiger partial charge >= 0.3 is 6.09 Å². The number of halogens is 3. The minimum absolute atomic E-state index is 0. The van der Waals surface area contributed by atoms with Crippen molar-refractivity contribution >= 4 is 47.6 Å². The number of nitrogens with zero attached hydrogens (tertiary/aromatic N) is 2. The molecule has 2 fully saturated rings. The topological polar surface area (TPSA) is 80.0 Å². The van der Waals surface area contributed by atoms with E-state index in [4.69, 9.17) is 22.1 Å². The molecule has 1 aliphatic carbocycles. The highest BCUT2D eigenvalue weighted by Crippen LogP contribution is 2.47. The van der Waals surface area contributed by atoms with Gasteiger partial charge in [0.15, 0.2) is 5.96 Å². The predicted octanol–water partition coefficient (Wildman–Crippen LogP) is 3.48. The predicted molar refractivity (Wildman–Crippen MR) is 114 cm³/mol. The summed E-state index contributed by atoms with van der Waals surface area (Å²) in [5, 5.41) is 3.64. The minimum Gasteiger partial charge on any atom is -0.450 e. The Balaban J connectivity index is 0.00000261. The van der Waals surface area contributed by atoms with Crippen LogP contribution in [0.4, 0.5) is 9.18 Å². The lowest BCUT2D eigenvalue weighted by Crippen LogP contribution is -2.48. The van der Waals surface area contributed by atoms with Gasteiger partial charge in [-0.05, 0) is 38.3 Å². The Labute approximate surface area is 180 Å². The number of rotatable bonds is 4. The van der Waals surface area contributed by atoms with Crippen molar-refractivity contribution in [3.8, 4) is 0 Å². The molecule has 6 nitrogen and oxygen atoms in total. The number of likely N-dealkylation sites (tertiary alicyclic amines) is 1. The summed E-state index contributed by atoms with van der Waals surface area (Å²) in [7, 11) is 0. The Morgan fingerprint density at radius 3 is 2.78 bits per heavy atom. The molecule has 1 aliphatic heterocycles. The number of nitrogens with one attached hydrogen (secondary N) is 1. The van der Waals surface area contributed by atoms with Crippen molar-refractivity contribution in [1.29, 1.82) is 0 Å². The van der Waals surface area contributed by atoms with E-state index in [2.05, 4.69) is 10.3 Å². The summed E-state index contributed by atoms with van der Waals surface area (Å²) in [6.45, 7) is 3.43. The van der Waals surface area contributed by atoms with Gasteiger partial charge in [0, 0.05) is 35.6 Å². The molecule has 1 saturated heterocycles. The lowest BCUT2D eigenvalue weighted by atomic mass is 10.1. The maximum atomic E-state index is 14.0. The zero-order valence-corrected chi connectivity index (χ0v) is 18.2. The van der Waals surface area contributed by atoms with E-state index in [9.17, 15) is 9.18 Å². The molecule has 3 N–H and O–H groups in total. The van der Waals surface area contributed by atoms with Crippen LogP contribution in [0.25, 0.3) is 0 Å². The number of hydrogen-bond acceptors (Lipinski definition) is 3. The molecule has 2 aliphatic rings. The van der Waals surface area contributed by atoms with Crippen molar-refractivity contribution in [3.63, 3.8) is 0 Å². The van der Waals surface area contributed by atoms with Gasteiger partial charge in [-0.3, -0.25) is 0 Å². The van der Waals surface area contributed by atoms with Crippen LogP contribution in [0.1, 0.15) is 37.7 Å². The first-order chi connectivity index (χ1) is 12.5. The number of hydrogen-bond donors (Lipinski definition) is 2. The molecule has 27 heavy (non-hydrogen) atoms. The van der Waals surface area contributed by atoms with Crippen molar-refractivity contribution in [2.24, 2.45) is 10.7 Å². The van der Waals surface area contributed by atoms with E-state index in [1.54, 1.807) is 24.0 Å². The molecule has 2 atom stereocenters. The highest BCUT2D eigenvalue weighted by molar-refractivity contribution is 14.0. The SMILES string of the molecule is CCOC(=O)N1CCC(NC(N)=NC2CC2c2c(F)cccc2Cl)CC1.I. The number of benzene rings is 1. The molecule has 1 aromatic rings. The van der Waals surface area contributed by atoms with E-state index in [-0.39, 0.29) is 53.9 Å². The minimum atomic E-state index is -0.293. The van der Waals surface area contributed by atoms with Gasteiger partial charge in [-0.25, -0.2) is 14.2 Å². The molecular formula is C18H25ClFIN4O2. The molecule has 3 rings (SSSR count). The number of carbonyl (C=O) groups is 1. The Morgan fingerprint density at radius 2 is 2.15 bits per heavy atom. The summed E-state index contributed by atoms with van der Waals surface area (Å²) < 4.78 is 19.0. The first-order valence-electron chi connectivity index (χ1n) is 8.95. The quantitative estimate of drug-likeness (QED) is 0.369. The Bertz CT molecular complexity index is 678. The van der Waals surface area contributed by atoms with Crippen LogP contribution in [-0.2, 0) is 4.74 Å². The van der Waals surface area contributed by atoms with Gasteiger partial charge in [0.05, 0.1) is 12.6 Å². The summed E-state index contributed by atoms with van der Waals surface area (Å²) in [6, 6.07) is 4.83. The number of amides is 1. The standard InChI is InChI=1S/C18H24ClFN4O2.HI/c1-2-26-18(25)24-8-6-11(7-9-24)22-17(21)23-15-10-12(15)16-13(19)4-3-5-14(16)20;/h3-5,11-12,15H,2,6-10H2,1H3,(H3,21,22,23);1H. The molecular weight excluding hydrogens is 486 g/mol. The average molecular weight is 511 g/mol. The van der Waals surface area contributed by atoms with Crippen LogP contribution >= 0.6 is 35.6 Å². The maximum absolute atomic E-state index is 14.0. The lowest BCUT2D eigenvalue weighted by Gasteiger charge is -2.31. The Hall–Kier alpha value is -1.29. The molecule has 150 valence electrons. The number of carbonyl (C=O) groups excluding carboxylic acids is 1. The third kappa shape index (κ3) is 5.60. The largest absolute Gasteiger partial charge is 0.450 e. The first-order valence-corrected chi connectivity index (χ1v) is 9.32. The second kappa shape index (κ2) is 9.77. The second-order valence-corrected chi connectivity index (χ2v) is 7.07. The van der Waals surface area contributed by atoms with Crippen LogP contribution < -0.4 is 11.1 Å². The van der Waals surface area contributed by atoms with Crippen molar-refractivity contribution in [3.05, 3.63) is 34.6 Å². The zero-order chi connectivity index (χ0) is 18.7. The molecule has 0 bridgehead atoms. The van der Waals surface area contributed by atoms with E-state index >= 15 is 0 Å². The fourth-order valence-electron chi connectivity index (χ4n) is 3.35. The third-order valence-electron chi connectivity index (χ3n) is 4.81. The van der Waals surface area contributed by atoms with E-state index in [1.165, 1.54) is 6.07 Å². The Morgan fingerprint density at radius 1 is 1.44 bits per heavy atom. The van der Waals surface area contributed by atoms with E-state index in [0.29, 0.717) is 36.2 Å². The normalized spacial score (nSPS) is 22.8. The average Bonchev–Trinajstić information content (AvgIpc) is 3.34. The van der Waals surface area contributed by atoms with Crippen LogP contribution in [0.5, 0.6) is 0 Å². The fourth-order valence-corrected chi connectivity index (χ4v) is 3.65. The van der Waals surface area contributed by atoms with Gasteiger partial charge in [0.2, 0.25) is 0 Å². The van der Waals surface area contributed by atoms with Gasteiger partial charge in [-0.15, -0.1) is 24.0 Å². The number of nitrogens with two attached hydrogens (primary N) is 1. The maximum Gasteiger partial charge on any atom is 0.409 e. The molecule has 0 spiro atoms. The van der Waals surface area contributed by atoms with Gasteiger partial charge in [0.1, 0.15) is 5.82 Å². The zero-order valence-electron chi connectivity index (χ0n) is 15.2. The second-order valence-electron chi connectivity index (χ2n) is 6.66. The molecule has 2 unspecified atom stereocenters. The summed E-state index contributed by atoms with van der Waals surface area (Å²) in [6.07, 6.45) is 2.03. The summed E-state index contributed by atoms with van der Waals surface area (Å²) in [5.74, 6) is 0.0484. The highest BCUT2D eigenvalue weighted by Gasteiger charge is 2.41.